The fourth-order valence-corrected chi connectivity index (χ4v) is 2.02. The zero-order chi connectivity index (χ0) is 15.2. The Balaban J connectivity index is 2.68. The van der Waals surface area contributed by atoms with Gasteiger partial charge in [-0.1, -0.05) is 12.1 Å². The molecule has 1 unspecified atom stereocenters. The van der Waals surface area contributed by atoms with E-state index in [2.05, 4.69) is 26.1 Å². The summed E-state index contributed by atoms with van der Waals surface area (Å²) in [6.07, 6.45) is 1.13. The molecule has 114 valence electrons. The Morgan fingerprint density at radius 1 is 1.25 bits per heavy atom. The molecule has 0 aliphatic carbocycles. The van der Waals surface area contributed by atoms with E-state index >= 15 is 0 Å². The molecule has 0 fully saturated rings. The van der Waals surface area contributed by atoms with E-state index in [1.54, 1.807) is 12.1 Å². The maximum absolute atomic E-state index is 13.4. The smallest absolute Gasteiger partial charge is 0.123 e. The third-order valence-electron chi connectivity index (χ3n) is 3.12. The van der Waals surface area contributed by atoms with Crippen LogP contribution in [0.3, 0.4) is 0 Å². The summed E-state index contributed by atoms with van der Waals surface area (Å²) in [5.41, 5.74) is 1.10. The van der Waals surface area contributed by atoms with E-state index in [0.29, 0.717) is 6.61 Å². The topological polar surface area (TPSA) is 21.3 Å². The van der Waals surface area contributed by atoms with Crippen molar-refractivity contribution in [2.75, 3.05) is 13.2 Å². The Morgan fingerprint density at radius 2 is 1.95 bits per heavy atom. The highest BCUT2D eigenvalue weighted by Crippen LogP contribution is 2.21. The van der Waals surface area contributed by atoms with E-state index in [9.17, 15) is 4.39 Å². The summed E-state index contributed by atoms with van der Waals surface area (Å²) in [5, 5.41) is 3.50. The van der Waals surface area contributed by atoms with Crippen LogP contribution >= 0.6 is 0 Å². The SMILES string of the molecule is CC(C)OCCC(CNC(C)(C)C)c1cccc(F)c1. The first-order valence-electron chi connectivity index (χ1n) is 7.40. The lowest BCUT2D eigenvalue weighted by molar-refractivity contribution is 0.0729. The molecular formula is C17H28FNO. The first-order chi connectivity index (χ1) is 9.28. The summed E-state index contributed by atoms with van der Waals surface area (Å²) in [6.45, 7) is 12.0. The Bertz CT molecular complexity index is 398. The fraction of sp³-hybridized carbons (Fsp3) is 0.647. The second kappa shape index (κ2) is 7.75. The molecule has 1 aromatic rings. The van der Waals surface area contributed by atoms with Crippen LogP contribution in [0.2, 0.25) is 0 Å². The monoisotopic (exact) mass is 281 g/mol. The van der Waals surface area contributed by atoms with Gasteiger partial charge in [0.15, 0.2) is 0 Å². The molecule has 1 atom stereocenters. The zero-order valence-corrected chi connectivity index (χ0v) is 13.4. The summed E-state index contributed by atoms with van der Waals surface area (Å²) in [6, 6.07) is 6.89. The van der Waals surface area contributed by atoms with E-state index in [0.717, 1.165) is 18.5 Å². The van der Waals surface area contributed by atoms with E-state index in [4.69, 9.17) is 4.74 Å². The van der Waals surface area contributed by atoms with Crippen molar-refractivity contribution in [2.24, 2.45) is 0 Å². The summed E-state index contributed by atoms with van der Waals surface area (Å²) in [4.78, 5) is 0. The molecule has 1 N–H and O–H groups in total. The molecule has 1 aromatic carbocycles. The fourth-order valence-electron chi connectivity index (χ4n) is 2.02. The van der Waals surface area contributed by atoms with Gasteiger partial charge < -0.3 is 10.1 Å². The summed E-state index contributed by atoms with van der Waals surface area (Å²) in [5.74, 6) is 0.0942. The molecule has 0 spiro atoms. The molecule has 0 aliphatic rings. The lowest BCUT2D eigenvalue weighted by Crippen LogP contribution is -2.38. The van der Waals surface area contributed by atoms with Crippen LogP contribution in [0.5, 0.6) is 0 Å². The van der Waals surface area contributed by atoms with Crippen LogP contribution in [0.1, 0.15) is 52.5 Å². The van der Waals surface area contributed by atoms with Gasteiger partial charge in [0.05, 0.1) is 6.10 Å². The van der Waals surface area contributed by atoms with Crippen molar-refractivity contribution in [3.05, 3.63) is 35.6 Å². The minimum absolute atomic E-state index is 0.0600. The Kier molecular flexibility index (Phi) is 6.63. The summed E-state index contributed by atoms with van der Waals surface area (Å²) < 4.78 is 19.0. The zero-order valence-electron chi connectivity index (χ0n) is 13.4. The van der Waals surface area contributed by atoms with Crippen molar-refractivity contribution in [2.45, 2.75) is 58.6 Å². The van der Waals surface area contributed by atoms with Crippen molar-refractivity contribution in [3.63, 3.8) is 0 Å². The van der Waals surface area contributed by atoms with Crippen molar-refractivity contribution in [1.29, 1.82) is 0 Å². The number of rotatable bonds is 7. The molecule has 20 heavy (non-hydrogen) atoms. The number of nitrogens with one attached hydrogen (secondary N) is 1. The number of hydrogen-bond acceptors (Lipinski definition) is 2. The van der Waals surface area contributed by atoms with Crippen molar-refractivity contribution in [3.8, 4) is 0 Å². The van der Waals surface area contributed by atoms with Gasteiger partial charge in [-0.3, -0.25) is 0 Å². The van der Waals surface area contributed by atoms with Gasteiger partial charge >= 0.3 is 0 Å². The average Bonchev–Trinajstić information content (AvgIpc) is 2.31. The van der Waals surface area contributed by atoms with Crippen LogP contribution in [-0.2, 0) is 4.74 Å². The molecule has 0 saturated carbocycles. The lowest BCUT2D eigenvalue weighted by atomic mass is 9.94. The molecule has 1 rings (SSSR count). The summed E-state index contributed by atoms with van der Waals surface area (Å²) in [7, 11) is 0. The standard InChI is InChI=1S/C17H28FNO/c1-13(2)20-10-9-15(12-19-17(3,4)5)14-7-6-8-16(18)11-14/h6-8,11,13,15,19H,9-10,12H2,1-5H3. The Labute approximate surface area is 122 Å². The second-order valence-electron chi connectivity index (χ2n) is 6.59. The molecule has 0 heterocycles. The molecule has 0 saturated heterocycles. The predicted molar refractivity (Wildman–Crippen MR) is 82.6 cm³/mol. The van der Waals surface area contributed by atoms with Gasteiger partial charge in [-0.05, 0) is 64.7 Å². The predicted octanol–water partition coefficient (Wildman–Crippen LogP) is 4.11. The van der Waals surface area contributed by atoms with Crippen molar-refractivity contribution < 1.29 is 9.13 Å². The van der Waals surface area contributed by atoms with Crippen LogP contribution in [0.25, 0.3) is 0 Å². The van der Waals surface area contributed by atoms with Gasteiger partial charge in [0.1, 0.15) is 5.82 Å². The maximum Gasteiger partial charge on any atom is 0.123 e. The highest BCUT2D eigenvalue weighted by atomic mass is 19.1. The van der Waals surface area contributed by atoms with Gasteiger partial charge in [0.2, 0.25) is 0 Å². The third-order valence-corrected chi connectivity index (χ3v) is 3.12. The van der Waals surface area contributed by atoms with Gasteiger partial charge in [-0.2, -0.15) is 0 Å². The second-order valence-corrected chi connectivity index (χ2v) is 6.59. The van der Waals surface area contributed by atoms with Crippen LogP contribution in [0.4, 0.5) is 4.39 Å². The number of ether oxygens (including phenoxy) is 1. The van der Waals surface area contributed by atoms with Crippen LogP contribution < -0.4 is 5.32 Å². The third kappa shape index (κ3) is 7.01. The highest BCUT2D eigenvalue weighted by Gasteiger charge is 2.16. The first kappa shape index (κ1) is 17.1. The quantitative estimate of drug-likeness (QED) is 0.812. The highest BCUT2D eigenvalue weighted by molar-refractivity contribution is 5.21. The van der Waals surface area contributed by atoms with Gasteiger partial charge in [-0.15, -0.1) is 0 Å². The molecule has 0 radical (unpaired) electrons. The first-order valence-corrected chi connectivity index (χ1v) is 7.40. The number of benzene rings is 1. The van der Waals surface area contributed by atoms with E-state index < -0.39 is 0 Å². The van der Waals surface area contributed by atoms with E-state index in [-0.39, 0.29) is 23.4 Å². The molecule has 2 nitrogen and oxygen atoms in total. The number of hydrogen-bond donors (Lipinski definition) is 1. The lowest BCUT2D eigenvalue weighted by Gasteiger charge is -2.26. The van der Waals surface area contributed by atoms with Crippen molar-refractivity contribution in [1.82, 2.24) is 5.32 Å². The van der Waals surface area contributed by atoms with Gasteiger partial charge in [-0.25, -0.2) is 4.39 Å². The molecule has 0 aliphatic heterocycles. The van der Waals surface area contributed by atoms with Crippen LogP contribution in [-0.4, -0.2) is 24.8 Å². The minimum Gasteiger partial charge on any atom is -0.379 e. The van der Waals surface area contributed by atoms with Gasteiger partial charge in [0.25, 0.3) is 0 Å². The molecule has 0 aromatic heterocycles. The largest absolute Gasteiger partial charge is 0.379 e. The maximum atomic E-state index is 13.4. The van der Waals surface area contributed by atoms with E-state index in [1.807, 2.05) is 19.9 Å². The van der Waals surface area contributed by atoms with E-state index in [1.165, 1.54) is 6.07 Å². The normalized spacial score (nSPS) is 13.8. The average molecular weight is 281 g/mol. The molecule has 3 heteroatoms. The van der Waals surface area contributed by atoms with Gasteiger partial charge in [0, 0.05) is 18.7 Å². The molecule has 0 amide bonds. The van der Waals surface area contributed by atoms with Crippen molar-refractivity contribution >= 4 is 0 Å². The Hall–Kier alpha value is -0.930. The van der Waals surface area contributed by atoms with Crippen LogP contribution in [0.15, 0.2) is 24.3 Å². The minimum atomic E-state index is -0.173. The summed E-state index contributed by atoms with van der Waals surface area (Å²) >= 11 is 0. The Morgan fingerprint density at radius 3 is 2.50 bits per heavy atom. The molecular weight excluding hydrogens is 253 g/mol. The molecule has 0 bridgehead atoms. The van der Waals surface area contributed by atoms with Crippen LogP contribution in [0, 0.1) is 5.82 Å². The number of halogens is 1.